The third-order valence-corrected chi connectivity index (χ3v) is 2.21. The van der Waals surface area contributed by atoms with Gasteiger partial charge >= 0.3 is 5.97 Å². The number of esters is 1. The average Bonchev–Trinajstić information content (AvgIpc) is 2.26. The first-order valence-electron chi connectivity index (χ1n) is 5.04. The van der Waals surface area contributed by atoms with E-state index in [4.69, 9.17) is 4.74 Å². The number of ether oxygens (including phenoxy) is 1. The molecule has 0 saturated carbocycles. The van der Waals surface area contributed by atoms with Crippen LogP contribution in [-0.4, -0.2) is 5.97 Å². The molecule has 0 radical (unpaired) electrons. The van der Waals surface area contributed by atoms with Crippen LogP contribution in [0.4, 0.5) is 0 Å². The van der Waals surface area contributed by atoms with Crippen LogP contribution in [0.1, 0.15) is 25.0 Å². The van der Waals surface area contributed by atoms with Gasteiger partial charge < -0.3 is 4.74 Å². The second-order valence-corrected chi connectivity index (χ2v) is 3.48. The predicted octanol–water partition coefficient (Wildman–Crippen LogP) is 2.87. The fourth-order valence-corrected chi connectivity index (χ4v) is 1.31. The Hall–Kier alpha value is -1.57. The van der Waals surface area contributed by atoms with Crippen molar-refractivity contribution in [3.63, 3.8) is 0 Å². The number of rotatable bonds is 4. The van der Waals surface area contributed by atoms with E-state index in [0.29, 0.717) is 12.2 Å². The highest BCUT2D eigenvalue weighted by Gasteiger charge is 2.05. The summed E-state index contributed by atoms with van der Waals surface area (Å²) in [5.74, 6) is -0.332. The molecule has 15 heavy (non-hydrogen) atoms. The average molecular weight is 204 g/mol. The zero-order chi connectivity index (χ0) is 11.3. The summed E-state index contributed by atoms with van der Waals surface area (Å²) in [5.41, 5.74) is 2.71. The summed E-state index contributed by atoms with van der Waals surface area (Å²) in [4.78, 5) is 11.2. The van der Waals surface area contributed by atoms with E-state index in [-0.39, 0.29) is 5.97 Å². The van der Waals surface area contributed by atoms with Crippen molar-refractivity contribution in [3.8, 4) is 0 Å². The Labute approximate surface area is 90.6 Å². The molecule has 0 amide bonds. The molecule has 2 nitrogen and oxygen atoms in total. The summed E-state index contributed by atoms with van der Waals surface area (Å²) in [5, 5.41) is 0. The molecular formula is C13H16O2. The maximum Gasteiger partial charge on any atom is 0.333 e. The van der Waals surface area contributed by atoms with Crippen molar-refractivity contribution in [1.29, 1.82) is 0 Å². The SMILES string of the molecule is C=C(C)C(=O)OCc1ccccc1CC. The molecule has 0 spiro atoms. The highest BCUT2D eigenvalue weighted by atomic mass is 16.5. The lowest BCUT2D eigenvalue weighted by atomic mass is 10.1. The molecule has 80 valence electrons. The number of hydrogen-bond acceptors (Lipinski definition) is 2. The van der Waals surface area contributed by atoms with E-state index in [1.165, 1.54) is 5.56 Å². The lowest BCUT2D eigenvalue weighted by Gasteiger charge is -2.08. The summed E-state index contributed by atoms with van der Waals surface area (Å²) < 4.78 is 5.09. The largest absolute Gasteiger partial charge is 0.457 e. The predicted molar refractivity (Wildman–Crippen MR) is 60.4 cm³/mol. The molecule has 0 unspecified atom stereocenters. The quantitative estimate of drug-likeness (QED) is 0.557. The van der Waals surface area contributed by atoms with Crippen LogP contribution < -0.4 is 0 Å². The van der Waals surface area contributed by atoms with E-state index >= 15 is 0 Å². The Balaban J connectivity index is 2.65. The van der Waals surface area contributed by atoms with Crippen molar-refractivity contribution in [2.75, 3.05) is 0 Å². The Morgan fingerprint density at radius 1 is 1.33 bits per heavy atom. The minimum absolute atomic E-state index is 0.329. The van der Waals surface area contributed by atoms with E-state index < -0.39 is 0 Å². The van der Waals surface area contributed by atoms with E-state index in [0.717, 1.165) is 12.0 Å². The second-order valence-electron chi connectivity index (χ2n) is 3.48. The van der Waals surface area contributed by atoms with E-state index in [9.17, 15) is 4.79 Å². The van der Waals surface area contributed by atoms with E-state index in [2.05, 4.69) is 13.5 Å². The van der Waals surface area contributed by atoms with Crippen LogP contribution >= 0.6 is 0 Å². The Kier molecular flexibility index (Phi) is 4.10. The van der Waals surface area contributed by atoms with Crippen molar-refractivity contribution in [2.45, 2.75) is 26.9 Å². The molecular weight excluding hydrogens is 188 g/mol. The lowest BCUT2D eigenvalue weighted by molar-refractivity contribution is -0.140. The van der Waals surface area contributed by atoms with Crippen molar-refractivity contribution >= 4 is 5.97 Å². The second kappa shape index (κ2) is 5.35. The minimum Gasteiger partial charge on any atom is -0.457 e. The summed E-state index contributed by atoms with van der Waals surface area (Å²) in [7, 11) is 0. The van der Waals surface area contributed by atoms with Gasteiger partial charge in [0.05, 0.1) is 0 Å². The normalized spacial score (nSPS) is 9.73. The highest BCUT2D eigenvalue weighted by Crippen LogP contribution is 2.11. The molecule has 0 aromatic heterocycles. The molecule has 0 aliphatic heterocycles. The van der Waals surface area contributed by atoms with Crippen LogP contribution in [0, 0.1) is 0 Å². The maximum absolute atomic E-state index is 11.2. The Morgan fingerprint density at radius 3 is 2.47 bits per heavy atom. The third kappa shape index (κ3) is 3.24. The van der Waals surface area contributed by atoms with Gasteiger partial charge in [0.15, 0.2) is 0 Å². The molecule has 0 heterocycles. The Bertz CT molecular complexity index is 367. The van der Waals surface area contributed by atoms with Gasteiger partial charge in [-0.05, 0) is 24.5 Å². The minimum atomic E-state index is -0.332. The van der Waals surface area contributed by atoms with Gasteiger partial charge in [0.2, 0.25) is 0 Å². The molecule has 0 atom stereocenters. The van der Waals surface area contributed by atoms with Crippen molar-refractivity contribution in [3.05, 3.63) is 47.5 Å². The summed E-state index contributed by atoms with van der Waals surface area (Å²) in [6.45, 7) is 7.59. The van der Waals surface area contributed by atoms with Gasteiger partial charge in [0, 0.05) is 5.57 Å². The molecule has 0 N–H and O–H groups in total. The zero-order valence-electron chi connectivity index (χ0n) is 9.25. The van der Waals surface area contributed by atoms with E-state index in [1.807, 2.05) is 24.3 Å². The first kappa shape index (κ1) is 11.5. The standard InChI is InChI=1S/C13H16O2/c1-4-11-7-5-6-8-12(11)9-15-13(14)10(2)3/h5-8H,2,4,9H2,1,3H3. The maximum atomic E-state index is 11.2. The molecule has 0 saturated heterocycles. The topological polar surface area (TPSA) is 26.3 Å². The molecule has 0 aliphatic rings. The fourth-order valence-electron chi connectivity index (χ4n) is 1.31. The van der Waals surface area contributed by atoms with Gasteiger partial charge in [-0.2, -0.15) is 0 Å². The van der Waals surface area contributed by atoms with Crippen LogP contribution in [0.3, 0.4) is 0 Å². The van der Waals surface area contributed by atoms with Crippen molar-refractivity contribution in [2.24, 2.45) is 0 Å². The lowest BCUT2D eigenvalue weighted by Crippen LogP contribution is -2.06. The van der Waals surface area contributed by atoms with Crippen molar-refractivity contribution < 1.29 is 9.53 Å². The number of hydrogen-bond donors (Lipinski definition) is 0. The van der Waals surface area contributed by atoms with Crippen LogP contribution in [0.15, 0.2) is 36.4 Å². The number of benzene rings is 1. The molecule has 0 aliphatic carbocycles. The van der Waals surface area contributed by atoms with Gasteiger partial charge in [-0.15, -0.1) is 0 Å². The Morgan fingerprint density at radius 2 is 1.93 bits per heavy atom. The smallest absolute Gasteiger partial charge is 0.333 e. The van der Waals surface area contributed by atoms with E-state index in [1.54, 1.807) is 6.92 Å². The fraction of sp³-hybridized carbons (Fsp3) is 0.308. The molecule has 0 fully saturated rings. The van der Waals surface area contributed by atoms with Crippen LogP contribution in [0.5, 0.6) is 0 Å². The van der Waals surface area contributed by atoms with Crippen molar-refractivity contribution in [1.82, 2.24) is 0 Å². The number of carbonyl (C=O) groups is 1. The van der Waals surface area contributed by atoms with Gasteiger partial charge in [0.25, 0.3) is 0 Å². The number of aryl methyl sites for hydroxylation is 1. The summed E-state index contributed by atoms with van der Waals surface area (Å²) in [6.07, 6.45) is 0.945. The zero-order valence-corrected chi connectivity index (χ0v) is 9.25. The van der Waals surface area contributed by atoms with Crippen LogP contribution in [0.2, 0.25) is 0 Å². The van der Waals surface area contributed by atoms with Gasteiger partial charge in [-0.1, -0.05) is 37.8 Å². The van der Waals surface area contributed by atoms with Crippen LogP contribution in [-0.2, 0) is 22.6 Å². The molecule has 0 bridgehead atoms. The van der Waals surface area contributed by atoms with Gasteiger partial charge in [-0.3, -0.25) is 0 Å². The summed E-state index contributed by atoms with van der Waals surface area (Å²) >= 11 is 0. The summed E-state index contributed by atoms with van der Waals surface area (Å²) in [6, 6.07) is 7.96. The van der Waals surface area contributed by atoms with Gasteiger partial charge in [0.1, 0.15) is 6.61 Å². The number of carbonyl (C=O) groups excluding carboxylic acids is 1. The molecule has 1 rings (SSSR count). The molecule has 1 aromatic rings. The highest BCUT2D eigenvalue weighted by molar-refractivity contribution is 5.86. The first-order chi connectivity index (χ1) is 7.15. The first-order valence-corrected chi connectivity index (χ1v) is 5.04. The molecule has 2 heteroatoms. The third-order valence-electron chi connectivity index (χ3n) is 2.21. The molecule has 1 aromatic carbocycles. The van der Waals surface area contributed by atoms with Gasteiger partial charge in [-0.25, -0.2) is 4.79 Å². The monoisotopic (exact) mass is 204 g/mol. The van der Waals surface area contributed by atoms with Crippen LogP contribution in [0.25, 0.3) is 0 Å².